The summed E-state index contributed by atoms with van der Waals surface area (Å²) in [5.41, 5.74) is 9.99. The lowest BCUT2D eigenvalue weighted by Gasteiger charge is -2.04. The zero-order valence-electron chi connectivity index (χ0n) is 7.26. The van der Waals surface area contributed by atoms with Crippen LogP contribution in [0.2, 0.25) is 0 Å². The first-order valence-electron chi connectivity index (χ1n) is 3.43. The van der Waals surface area contributed by atoms with Gasteiger partial charge in [-0.2, -0.15) is 8.42 Å². The Balaban J connectivity index is 3.23. The van der Waals surface area contributed by atoms with Gasteiger partial charge in [-0.05, 0) is 0 Å². The number of sulfonamides is 1. The summed E-state index contributed by atoms with van der Waals surface area (Å²) in [7, 11) is -2.60. The van der Waals surface area contributed by atoms with Crippen molar-refractivity contribution in [2.75, 3.05) is 5.73 Å². The summed E-state index contributed by atoms with van der Waals surface area (Å²) in [4.78, 5) is 14.0. The number of carbonyl (C=O) groups excluding carboxylic acids is 1. The standard InChI is InChI=1S/C5H9N5O3S/c1-10-2-8-3(6)4(10)14(12,13)9-5(7)11/h2H,6H2,1H3,(H3,7,9,11). The molecule has 0 radical (unpaired) electrons. The van der Waals surface area contributed by atoms with Crippen LogP contribution in [0.1, 0.15) is 0 Å². The van der Waals surface area contributed by atoms with Gasteiger partial charge in [0.2, 0.25) is 0 Å². The first-order chi connectivity index (χ1) is 6.34. The Kier molecular flexibility index (Phi) is 2.34. The monoisotopic (exact) mass is 219 g/mol. The molecule has 78 valence electrons. The third-order valence-corrected chi connectivity index (χ3v) is 2.88. The van der Waals surface area contributed by atoms with Crippen LogP contribution in [0.4, 0.5) is 10.6 Å². The van der Waals surface area contributed by atoms with Crippen molar-refractivity contribution in [1.29, 1.82) is 0 Å². The molecule has 1 aromatic heterocycles. The fourth-order valence-corrected chi connectivity index (χ4v) is 2.06. The van der Waals surface area contributed by atoms with Crippen LogP contribution in [-0.4, -0.2) is 24.0 Å². The van der Waals surface area contributed by atoms with Crippen molar-refractivity contribution in [3.63, 3.8) is 0 Å². The molecule has 0 aromatic carbocycles. The van der Waals surface area contributed by atoms with Crippen molar-refractivity contribution in [3.8, 4) is 0 Å². The molecule has 5 N–H and O–H groups in total. The highest BCUT2D eigenvalue weighted by atomic mass is 32.2. The van der Waals surface area contributed by atoms with Gasteiger partial charge in [0.25, 0.3) is 10.0 Å². The first-order valence-corrected chi connectivity index (χ1v) is 4.92. The van der Waals surface area contributed by atoms with E-state index in [0.717, 1.165) is 0 Å². The first kappa shape index (κ1) is 10.3. The van der Waals surface area contributed by atoms with E-state index in [2.05, 4.69) is 10.7 Å². The summed E-state index contributed by atoms with van der Waals surface area (Å²) in [6, 6.07) is -1.18. The molecule has 0 aliphatic heterocycles. The largest absolute Gasteiger partial charge is 0.381 e. The number of primary amides is 1. The zero-order valence-corrected chi connectivity index (χ0v) is 8.08. The Bertz CT molecular complexity index is 442. The van der Waals surface area contributed by atoms with Crippen LogP contribution in [0.15, 0.2) is 11.4 Å². The molecular weight excluding hydrogens is 210 g/mol. The molecule has 0 fully saturated rings. The van der Waals surface area contributed by atoms with E-state index in [0.29, 0.717) is 0 Å². The van der Waals surface area contributed by atoms with Gasteiger partial charge in [-0.25, -0.2) is 14.5 Å². The van der Waals surface area contributed by atoms with Gasteiger partial charge >= 0.3 is 6.03 Å². The number of nitrogens with two attached hydrogens (primary N) is 2. The quantitative estimate of drug-likeness (QED) is 0.548. The maximum Gasteiger partial charge on any atom is 0.326 e. The molecule has 9 heteroatoms. The van der Waals surface area contributed by atoms with E-state index < -0.39 is 16.1 Å². The second-order valence-corrected chi connectivity index (χ2v) is 4.11. The Hall–Kier alpha value is -1.77. The zero-order chi connectivity index (χ0) is 10.9. The van der Waals surface area contributed by atoms with Crippen molar-refractivity contribution >= 4 is 21.9 Å². The minimum absolute atomic E-state index is 0.193. The summed E-state index contributed by atoms with van der Waals surface area (Å²) in [6.45, 7) is 0. The van der Waals surface area contributed by atoms with E-state index in [1.165, 1.54) is 17.9 Å². The number of nitrogens with one attached hydrogen (secondary N) is 1. The molecule has 8 nitrogen and oxygen atoms in total. The van der Waals surface area contributed by atoms with Crippen LogP contribution in [0.5, 0.6) is 0 Å². The topological polar surface area (TPSA) is 133 Å². The molecule has 1 heterocycles. The third kappa shape index (κ3) is 1.76. The van der Waals surface area contributed by atoms with E-state index >= 15 is 0 Å². The van der Waals surface area contributed by atoms with E-state index in [-0.39, 0.29) is 10.8 Å². The number of hydrogen-bond acceptors (Lipinski definition) is 5. The number of urea groups is 1. The normalized spacial score (nSPS) is 11.2. The number of nitrogens with zero attached hydrogens (tertiary/aromatic N) is 2. The summed E-state index contributed by atoms with van der Waals surface area (Å²) in [5.74, 6) is -0.193. The average Bonchev–Trinajstić information content (AvgIpc) is 2.27. The van der Waals surface area contributed by atoms with Crippen LogP contribution in [0.3, 0.4) is 0 Å². The lowest BCUT2D eigenvalue weighted by atomic mass is 10.8. The summed E-state index contributed by atoms with van der Waals surface area (Å²) >= 11 is 0. The maximum atomic E-state index is 11.4. The predicted molar refractivity (Wildman–Crippen MR) is 47.5 cm³/mol. The molecule has 1 rings (SSSR count). The van der Waals surface area contributed by atoms with Crippen LogP contribution in [-0.2, 0) is 17.1 Å². The number of anilines is 1. The number of aryl methyl sites for hydroxylation is 1. The third-order valence-electron chi connectivity index (χ3n) is 1.40. The van der Waals surface area contributed by atoms with Gasteiger partial charge in [0.15, 0.2) is 10.8 Å². The number of amides is 2. The Morgan fingerprint density at radius 3 is 2.57 bits per heavy atom. The molecule has 0 aliphatic rings. The Morgan fingerprint density at radius 1 is 1.64 bits per heavy atom. The van der Waals surface area contributed by atoms with Crippen molar-refractivity contribution in [2.45, 2.75) is 5.03 Å². The van der Waals surface area contributed by atoms with Gasteiger partial charge in [-0.3, -0.25) is 0 Å². The van der Waals surface area contributed by atoms with Crippen molar-refractivity contribution in [2.24, 2.45) is 12.8 Å². The van der Waals surface area contributed by atoms with Crippen molar-refractivity contribution < 1.29 is 13.2 Å². The summed E-state index contributed by atoms with van der Waals surface area (Å²) < 4.78 is 25.5. The maximum absolute atomic E-state index is 11.4. The van der Waals surface area contributed by atoms with E-state index in [9.17, 15) is 13.2 Å². The molecule has 0 spiro atoms. The number of aromatic nitrogens is 2. The minimum atomic E-state index is -4.03. The van der Waals surface area contributed by atoms with Crippen molar-refractivity contribution in [3.05, 3.63) is 6.33 Å². The number of imidazole rings is 1. The van der Waals surface area contributed by atoms with Gasteiger partial charge in [0.1, 0.15) is 0 Å². The average molecular weight is 219 g/mol. The second-order valence-electron chi connectivity index (χ2n) is 2.52. The van der Waals surface area contributed by atoms with Gasteiger partial charge < -0.3 is 16.0 Å². The highest BCUT2D eigenvalue weighted by Crippen LogP contribution is 2.14. The highest BCUT2D eigenvalue weighted by Gasteiger charge is 2.23. The lowest BCUT2D eigenvalue weighted by Crippen LogP contribution is -2.36. The summed E-state index contributed by atoms with van der Waals surface area (Å²) in [6.07, 6.45) is 1.21. The second kappa shape index (κ2) is 3.18. The smallest absolute Gasteiger partial charge is 0.326 e. The molecule has 0 saturated heterocycles. The molecule has 0 aliphatic carbocycles. The Morgan fingerprint density at radius 2 is 2.21 bits per heavy atom. The predicted octanol–water partition coefficient (Wildman–Crippen LogP) is -1.64. The lowest BCUT2D eigenvalue weighted by molar-refractivity contribution is 0.253. The van der Waals surface area contributed by atoms with Gasteiger partial charge in [-0.15, -0.1) is 0 Å². The van der Waals surface area contributed by atoms with Crippen LogP contribution >= 0.6 is 0 Å². The molecule has 0 saturated carbocycles. The van der Waals surface area contributed by atoms with Gasteiger partial charge in [0.05, 0.1) is 6.33 Å². The fraction of sp³-hybridized carbons (Fsp3) is 0.200. The number of nitrogen functional groups attached to an aromatic ring is 1. The van der Waals surface area contributed by atoms with Crippen LogP contribution in [0.25, 0.3) is 0 Å². The molecule has 0 atom stereocenters. The van der Waals surface area contributed by atoms with E-state index in [1.54, 1.807) is 4.72 Å². The number of carbonyl (C=O) groups is 1. The summed E-state index contributed by atoms with van der Waals surface area (Å²) in [5, 5.41) is -0.295. The van der Waals surface area contributed by atoms with Crippen LogP contribution in [0, 0.1) is 0 Å². The number of hydrogen-bond donors (Lipinski definition) is 3. The van der Waals surface area contributed by atoms with E-state index in [1.807, 2.05) is 0 Å². The highest BCUT2D eigenvalue weighted by molar-refractivity contribution is 7.90. The SMILES string of the molecule is Cn1cnc(N)c1S(=O)(=O)NC(N)=O. The molecule has 0 bridgehead atoms. The molecule has 1 aromatic rings. The fourth-order valence-electron chi connectivity index (χ4n) is 0.945. The van der Waals surface area contributed by atoms with Gasteiger partial charge in [0, 0.05) is 7.05 Å². The number of rotatable bonds is 2. The van der Waals surface area contributed by atoms with E-state index in [4.69, 9.17) is 5.73 Å². The van der Waals surface area contributed by atoms with Crippen LogP contribution < -0.4 is 16.2 Å². The minimum Gasteiger partial charge on any atom is -0.381 e. The molecule has 14 heavy (non-hydrogen) atoms. The van der Waals surface area contributed by atoms with Crippen molar-refractivity contribution in [1.82, 2.24) is 14.3 Å². The molecular formula is C5H9N5O3S. The molecule has 0 unspecified atom stereocenters. The molecule has 2 amide bonds. The van der Waals surface area contributed by atoms with Gasteiger partial charge in [-0.1, -0.05) is 0 Å². The Labute approximate surface area is 80.0 Å².